The van der Waals surface area contributed by atoms with E-state index in [4.69, 9.17) is 0 Å². The molecule has 0 bridgehead atoms. The van der Waals surface area contributed by atoms with E-state index < -0.39 is 16.1 Å². The highest BCUT2D eigenvalue weighted by Gasteiger charge is 2.43. The van der Waals surface area contributed by atoms with Crippen molar-refractivity contribution < 1.29 is 10.2 Å². The van der Waals surface area contributed by atoms with E-state index in [9.17, 15) is 10.2 Å². The number of phenols is 2. The van der Waals surface area contributed by atoms with Crippen molar-refractivity contribution in [1.29, 1.82) is 0 Å². The van der Waals surface area contributed by atoms with Crippen LogP contribution in [-0.2, 0) is 0 Å². The first kappa shape index (κ1) is 35.6. The second-order valence-corrected chi connectivity index (χ2v) is 27.1. The summed E-state index contributed by atoms with van der Waals surface area (Å²) < 4.78 is 0. The van der Waals surface area contributed by atoms with Gasteiger partial charge in [0.05, 0.1) is 0 Å². The van der Waals surface area contributed by atoms with Gasteiger partial charge in [-0.15, -0.1) is 11.1 Å². The lowest BCUT2D eigenvalue weighted by Gasteiger charge is -2.38. The predicted molar refractivity (Wildman–Crippen MR) is 216 cm³/mol. The fourth-order valence-electron chi connectivity index (χ4n) is 9.16. The summed E-state index contributed by atoms with van der Waals surface area (Å²) in [5.74, 6) is 8.28. The van der Waals surface area contributed by atoms with E-state index in [1.54, 1.807) is 12.1 Å². The van der Waals surface area contributed by atoms with Gasteiger partial charge in [-0.1, -0.05) is 107 Å². The molecule has 0 saturated heterocycles. The summed E-state index contributed by atoms with van der Waals surface area (Å²) in [7, 11) is -4.11. The predicted octanol–water partition coefficient (Wildman–Crippen LogP) is 12.8. The fourth-order valence-corrected chi connectivity index (χ4v) is 19.6. The second-order valence-electron chi connectivity index (χ2n) is 15.9. The number of phenolic OH excluding ortho intramolecular Hbond substituents is 2. The van der Waals surface area contributed by atoms with Crippen LogP contribution >= 0.6 is 0 Å². The molecule has 48 heavy (non-hydrogen) atoms. The first-order chi connectivity index (χ1) is 22.5. The maximum Gasteiger partial charge on any atom is 0.146 e. The van der Waals surface area contributed by atoms with Crippen molar-refractivity contribution in [3.05, 3.63) is 71.8 Å². The van der Waals surface area contributed by atoms with Gasteiger partial charge in [0.15, 0.2) is 0 Å². The van der Waals surface area contributed by atoms with Gasteiger partial charge in [0.25, 0.3) is 0 Å². The zero-order chi connectivity index (χ0) is 35.3. The van der Waals surface area contributed by atoms with Gasteiger partial charge < -0.3 is 10.2 Å². The van der Waals surface area contributed by atoms with Crippen LogP contribution in [0.4, 0.5) is 0 Å². The van der Waals surface area contributed by atoms with Crippen LogP contribution in [0.1, 0.15) is 94.2 Å². The zero-order valence-corrected chi connectivity index (χ0v) is 33.1. The van der Waals surface area contributed by atoms with E-state index in [1.165, 1.54) is 0 Å². The standard InChI is InChI=1S/C44H54O2Si2/c1-27(2)47(28(3)4,29(5)6)19-17-39-41-23-33-13-15-37(45)21-35(33)25-43(41)40(18-20-48(30(7)8,31(9)10)32(11)12)44-26-36-22-38(46)16-14-34(36)24-42(39)44/h13-16,21-32,45-46H,1-12H3. The summed E-state index contributed by atoms with van der Waals surface area (Å²) in [4.78, 5) is 0. The van der Waals surface area contributed by atoms with Crippen molar-refractivity contribution >= 4 is 59.2 Å². The van der Waals surface area contributed by atoms with Gasteiger partial charge in [-0.05, 0) is 125 Å². The highest BCUT2D eigenvalue weighted by atomic mass is 28.3. The highest BCUT2D eigenvalue weighted by Crippen LogP contribution is 2.44. The smallest absolute Gasteiger partial charge is 0.146 e. The quantitative estimate of drug-likeness (QED) is 0.107. The van der Waals surface area contributed by atoms with Crippen LogP contribution in [0.15, 0.2) is 60.7 Å². The first-order valence-corrected chi connectivity index (χ1v) is 22.4. The number of fused-ring (bicyclic) bond motifs is 4. The van der Waals surface area contributed by atoms with Gasteiger partial charge in [0, 0.05) is 11.1 Å². The van der Waals surface area contributed by atoms with Crippen LogP contribution in [0.2, 0.25) is 33.2 Å². The van der Waals surface area contributed by atoms with Crippen molar-refractivity contribution in [2.45, 2.75) is 116 Å². The van der Waals surface area contributed by atoms with Gasteiger partial charge in [-0.3, -0.25) is 0 Å². The van der Waals surface area contributed by atoms with Crippen molar-refractivity contribution in [3.63, 3.8) is 0 Å². The number of hydrogen-bond donors (Lipinski definition) is 2. The summed E-state index contributed by atoms with van der Waals surface area (Å²) in [5, 5.41) is 29.5. The van der Waals surface area contributed by atoms with E-state index in [-0.39, 0.29) is 11.5 Å². The van der Waals surface area contributed by atoms with Gasteiger partial charge in [0.1, 0.15) is 27.6 Å². The van der Waals surface area contributed by atoms with Crippen LogP contribution in [0.3, 0.4) is 0 Å². The van der Waals surface area contributed by atoms with Crippen LogP contribution in [0.25, 0.3) is 43.1 Å². The third-order valence-corrected chi connectivity index (χ3v) is 24.1. The SMILES string of the molecule is CC(C)[Si](C#Cc1c2cc3ccc(O)cc3cc2c(C#C[Si](C(C)C)(C(C)C)C(C)C)c2cc3cc(O)ccc3cc12)(C(C)C)C(C)C. The van der Waals surface area contributed by atoms with Gasteiger partial charge in [0.2, 0.25) is 0 Å². The Bertz CT molecular complexity index is 2000. The largest absolute Gasteiger partial charge is 0.508 e. The summed E-state index contributed by atoms with van der Waals surface area (Å²) in [6, 6.07) is 20.2. The molecule has 0 spiro atoms. The van der Waals surface area contributed by atoms with Crippen molar-refractivity contribution in [1.82, 2.24) is 0 Å². The monoisotopic (exact) mass is 670 g/mol. The molecule has 2 nitrogen and oxygen atoms in total. The molecule has 0 aliphatic carbocycles. The molecule has 5 aromatic carbocycles. The topological polar surface area (TPSA) is 40.5 Å². The van der Waals surface area contributed by atoms with Gasteiger partial charge in [-0.25, -0.2) is 0 Å². The number of rotatable bonds is 6. The Morgan fingerprint density at radius 2 is 0.667 bits per heavy atom. The lowest BCUT2D eigenvalue weighted by Crippen LogP contribution is -2.43. The summed E-state index contributed by atoms with van der Waals surface area (Å²) >= 11 is 0. The highest BCUT2D eigenvalue weighted by molar-refractivity contribution is 6.91. The molecule has 0 atom stereocenters. The van der Waals surface area contributed by atoms with E-state index in [0.29, 0.717) is 33.2 Å². The molecule has 4 heteroatoms. The number of aromatic hydroxyl groups is 2. The minimum absolute atomic E-state index is 0.254. The Morgan fingerprint density at radius 1 is 0.396 bits per heavy atom. The lowest BCUT2D eigenvalue weighted by atomic mass is 9.89. The molecule has 0 aliphatic rings. The van der Waals surface area contributed by atoms with Gasteiger partial charge >= 0.3 is 0 Å². The van der Waals surface area contributed by atoms with E-state index >= 15 is 0 Å². The summed E-state index contributed by atoms with van der Waals surface area (Å²) in [5.41, 5.74) is 13.2. The third-order valence-electron chi connectivity index (χ3n) is 11.5. The Balaban J connectivity index is 2.05. The molecule has 2 N–H and O–H groups in total. The molecule has 0 radical (unpaired) electrons. The molecule has 0 heterocycles. The Hall–Kier alpha value is -3.71. The normalized spacial score (nSPS) is 12.7. The fraction of sp³-hybridized carbons (Fsp3) is 0.409. The van der Waals surface area contributed by atoms with Crippen molar-refractivity contribution in [3.8, 4) is 34.4 Å². The van der Waals surface area contributed by atoms with E-state index in [1.807, 2.05) is 24.3 Å². The number of benzene rings is 5. The molecule has 0 saturated carbocycles. The molecular weight excluding hydrogens is 617 g/mol. The molecule has 5 rings (SSSR count). The molecular formula is C44H54O2Si2. The molecule has 250 valence electrons. The average Bonchev–Trinajstić information content (AvgIpc) is 2.99. The minimum Gasteiger partial charge on any atom is -0.508 e. The molecule has 0 amide bonds. The van der Waals surface area contributed by atoms with Crippen LogP contribution in [-0.4, -0.2) is 26.4 Å². The second kappa shape index (κ2) is 13.3. The maximum absolute atomic E-state index is 10.5. The van der Waals surface area contributed by atoms with Crippen molar-refractivity contribution in [2.24, 2.45) is 0 Å². The average molecular weight is 671 g/mol. The molecule has 0 aromatic heterocycles. The first-order valence-electron chi connectivity index (χ1n) is 17.9. The van der Waals surface area contributed by atoms with E-state index in [0.717, 1.165) is 54.2 Å². The maximum atomic E-state index is 10.5. The van der Waals surface area contributed by atoms with Crippen LogP contribution in [0.5, 0.6) is 11.5 Å². The summed E-state index contributed by atoms with van der Waals surface area (Å²) in [6.07, 6.45) is 0. The Kier molecular flexibility index (Phi) is 9.87. The third kappa shape index (κ3) is 5.93. The molecule has 0 aliphatic heterocycles. The summed E-state index contributed by atoms with van der Waals surface area (Å²) in [6.45, 7) is 28.3. The Morgan fingerprint density at radius 3 is 0.938 bits per heavy atom. The van der Waals surface area contributed by atoms with Crippen molar-refractivity contribution in [2.75, 3.05) is 0 Å². The minimum atomic E-state index is -2.07. The van der Waals surface area contributed by atoms with Crippen LogP contribution in [0, 0.1) is 22.9 Å². The molecule has 0 fully saturated rings. The zero-order valence-electron chi connectivity index (χ0n) is 31.1. The Labute approximate surface area is 291 Å². The van der Waals surface area contributed by atoms with E-state index in [2.05, 4.69) is 130 Å². The number of hydrogen-bond acceptors (Lipinski definition) is 2. The lowest BCUT2D eigenvalue weighted by molar-refractivity contribution is 0.475. The molecule has 5 aromatic rings. The van der Waals surface area contributed by atoms with Gasteiger partial charge in [-0.2, -0.15) is 0 Å². The molecule has 0 unspecified atom stereocenters. The van der Waals surface area contributed by atoms with Crippen LogP contribution < -0.4 is 0 Å².